The molecule has 0 aliphatic heterocycles. The summed E-state index contributed by atoms with van der Waals surface area (Å²) in [6, 6.07) is 0.543. The second-order valence-electron chi connectivity index (χ2n) is 7.34. The van der Waals surface area contributed by atoms with Crippen molar-refractivity contribution in [2.24, 2.45) is 0 Å². The topological polar surface area (TPSA) is 97.9 Å². The summed E-state index contributed by atoms with van der Waals surface area (Å²) in [4.78, 5) is 22.6. The summed E-state index contributed by atoms with van der Waals surface area (Å²) in [5, 5.41) is 8.46. The Morgan fingerprint density at radius 2 is 1.55 bits per heavy atom. The van der Waals surface area contributed by atoms with Crippen LogP contribution in [0.25, 0.3) is 0 Å². The van der Waals surface area contributed by atoms with Gasteiger partial charge in [0.15, 0.2) is 0 Å². The molecule has 0 aromatic heterocycles. The van der Waals surface area contributed by atoms with Crippen LogP contribution in [0.15, 0.2) is 0 Å². The zero-order chi connectivity index (χ0) is 22.1. The quantitative estimate of drug-likeness (QED) is 0.288. The van der Waals surface area contributed by atoms with Crippen molar-refractivity contribution in [2.75, 3.05) is 52.7 Å². The molecule has 8 nitrogen and oxygen atoms in total. The van der Waals surface area contributed by atoms with Crippen LogP contribution < -0.4 is 16.0 Å². The van der Waals surface area contributed by atoms with Crippen LogP contribution in [0.4, 0.5) is 4.39 Å². The fourth-order valence-corrected chi connectivity index (χ4v) is 2.37. The number of carbonyl (C=O) groups excluding carboxylic acids is 2. The molecular weight excluding hydrogens is 381 g/mol. The first-order chi connectivity index (χ1) is 13.7. The molecule has 9 heteroatoms. The predicted molar refractivity (Wildman–Crippen MR) is 111 cm³/mol. The van der Waals surface area contributed by atoms with Gasteiger partial charge >= 0.3 is 0 Å². The van der Waals surface area contributed by atoms with Gasteiger partial charge in [0.1, 0.15) is 12.8 Å². The van der Waals surface area contributed by atoms with Crippen LogP contribution in [-0.4, -0.2) is 82.3 Å². The first kappa shape index (κ1) is 27.7. The maximum Gasteiger partial charge on any atom is 0.246 e. The first-order valence-electron chi connectivity index (χ1n) is 10.4. The summed E-state index contributed by atoms with van der Waals surface area (Å²) < 4.78 is 30.3. The van der Waals surface area contributed by atoms with Crippen molar-refractivity contribution in [1.82, 2.24) is 16.0 Å². The Hall–Kier alpha value is -1.29. The van der Waals surface area contributed by atoms with Gasteiger partial charge in [-0.25, -0.2) is 4.39 Å². The number of rotatable bonds is 18. The Bertz CT molecular complexity index is 448. The van der Waals surface area contributed by atoms with E-state index in [-0.39, 0.29) is 25.0 Å². The second kappa shape index (κ2) is 16.5. The van der Waals surface area contributed by atoms with Crippen molar-refractivity contribution >= 4 is 11.8 Å². The van der Waals surface area contributed by atoms with E-state index in [0.29, 0.717) is 39.0 Å². The van der Waals surface area contributed by atoms with E-state index in [1.165, 1.54) is 20.8 Å². The van der Waals surface area contributed by atoms with E-state index >= 15 is 0 Å². The Kier molecular flexibility index (Phi) is 15.8. The van der Waals surface area contributed by atoms with Gasteiger partial charge in [-0.3, -0.25) is 9.59 Å². The standard InChI is InChI=1S/C20H40FN3O5/c1-6-17(7-2)22-8-10-27-12-13-28-11-9-23-19(26)15-29-20(4,5)18(21)14-24-16(3)25/h17-18,22H,6-15H2,1-5H3,(H,23,26)(H,24,25). The number of nitrogens with one attached hydrogen (secondary N) is 3. The number of alkyl halides is 1. The molecule has 0 radical (unpaired) electrons. The summed E-state index contributed by atoms with van der Waals surface area (Å²) in [7, 11) is 0. The summed E-state index contributed by atoms with van der Waals surface area (Å²) in [5.41, 5.74) is -1.18. The molecule has 0 aliphatic carbocycles. The number of hydrogen-bond acceptors (Lipinski definition) is 6. The summed E-state index contributed by atoms with van der Waals surface area (Å²) in [6.07, 6.45) is 0.797. The minimum atomic E-state index is -1.42. The molecule has 0 rings (SSSR count). The fourth-order valence-electron chi connectivity index (χ4n) is 2.37. The van der Waals surface area contributed by atoms with Gasteiger partial charge in [-0.15, -0.1) is 0 Å². The highest BCUT2D eigenvalue weighted by atomic mass is 19.1. The third-order valence-electron chi connectivity index (χ3n) is 4.47. The van der Waals surface area contributed by atoms with Crippen LogP contribution >= 0.6 is 0 Å². The zero-order valence-corrected chi connectivity index (χ0v) is 18.6. The molecule has 0 aliphatic rings. The van der Waals surface area contributed by atoms with Gasteiger partial charge in [-0.05, 0) is 26.7 Å². The molecule has 0 fully saturated rings. The summed E-state index contributed by atoms with van der Waals surface area (Å²) in [6.45, 7) is 11.4. The maximum absolute atomic E-state index is 14.1. The summed E-state index contributed by atoms with van der Waals surface area (Å²) in [5.74, 6) is -0.665. The molecule has 0 aromatic rings. The lowest BCUT2D eigenvalue weighted by atomic mass is 10.0. The largest absolute Gasteiger partial charge is 0.378 e. The first-order valence-corrected chi connectivity index (χ1v) is 10.4. The molecule has 29 heavy (non-hydrogen) atoms. The van der Waals surface area contributed by atoms with Crippen molar-refractivity contribution in [3.8, 4) is 0 Å². The molecule has 0 saturated carbocycles. The SMILES string of the molecule is CCC(CC)NCCOCCOCCNC(=O)COC(C)(C)C(F)CNC(C)=O. The molecule has 172 valence electrons. The number of carbonyl (C=O) groups is 2. The lowest BCUT2D eigenvalue weighted by molar-refractivity contribution is -0.136. The van der Waals surface area contributed by atoms with Crippen molar-refractivity contribution in [1.29, 1.82) is 0 Å². The van der Waals surface area contributed by atoms with Gasteiger partial charge in [-0.1, -0.05) is 13.8 Å². The lowest BCUT2D eigenvalue weighted by Gasteiger charge is -2.28. The normalized spacial score (nSPS) is 12.8. The maximum atomic E-state index is 14.1. The highest BCUT2D eigenvalue weighted by Gasteiger charge is 2.31. The van der Waals surface area contributed by atoms with E-state index in [1.807, 2.05) is 0 Å². The van der Waals surface area contributed by atoms with Gasteiger partial charge in [0, 0.05) is 26.1 Å². The Morgan fingerprint density at radius 1 is 0.966 bits per heavy atom. The molecule has 1 atom stereocenters. The average Bonchev–Trinajstić information content (AvgIpc) is 2.68. The number of hydrogen-bond donors (Lipinski definition) is 3. The summed E-state index contributed by atoms with van der Waals surface area (Å²) >= 11 is 0. The zero-order valence-electron chi connectivity index (χ0n) is 18.6. The molecule has 2 amide bonds. The molecule has 0 aromatic carbocycles. The number of ether oxygens (including phenoxy) is 3. The fraction of sp³-hybridized carbons (Fsp3) is 0.900. The molecule has 0 spiro atoms. The Balaban J connectivity index is 3.63. The highest BCUT2D eigenvalue weighted by Crippen LogP contribution is 2.17. The van der Waals surface area contributed by atoms with Crippen LogP contribution in [0.2, 0.25) is 0 Å². The van der Waals surface area contributed by atoms with Crippen LogP contribution in [0.1, 0.15) is 47.5 Å². The number of halogens is 1. The third kappa shape index (κ3) is 15.2. The van der Waals surface area contributed by atoms with E-state index in [2.05, 4.69) is 29.8 Å². The van der Waals surface area contributed by atoms with Crippen molar-refractivity contribution in [2.45, 2.75) is 65.3 Å². The third-order valence-corrected chi connectivity index (χ3v) is 4.47. The van der Waals surface area contributed by atoms with Crippen molar-refractivity contribution in [3.63, 3.8) is 0 Å². The van der Waals surface area contributed by atoms with E-state index in [4.69, 9.17) is 14.2 Å². The molecular formula is C20H40FN3O5. The molecule has 3 N–H and O–H groups in total. The smallest absolute Gasteiger partial charge is 0.246 e. The van der Waals surface area contributed by atoms with Crippen molar-refractivity contribution in [3.05, 3.63) is 0 Å². The van der Waals surface area contributed by atoms with E-state index in [1.54, 1.807) is 0 Å². The van der Waals surface area contributed by atoms with Crippen LogP contribution in [-0.2, 0) is 23.8 Å². The van der Waals surface area contributed by atoms with Crippen molar-refractivity contribution < 1.29 is 28.2 Å². The van der Waals surface area contributed by atoms with E-state index < -0.39 is 11.8 Å². The van der Waals surface area contributed by atoms with Gasteiger partial charge < -0.3 is 30.2 Å². The Morgan fingerprint density at radius 3 is 2.10 bits per heavy atom. The van der Waals surface area contributed by atoms with Gasteiger partial charge in [0.05, 0.1) is 38.6 Å². The van der Waals surface area contributed by atoms with E-state index in [9.17, 15) is 14.0 Å². The molecule has 1 unspecified atom stereocenters. The van der Waals surface area contributed by atoms with Crippen LogP contribution in [0.3, 0.4) is 0 Å². The Labute approximate surface area is 174 Å². The van der Waals surface area contributed by atoms with Gasteiger partial charge in [-0.2, -0.15) is 0 Å². The van der Waals surface area contributed by atoms with Crippen LogP contribution in [0, 0.1) is 0 Å². The minimum Gasteiger partial charge on any atom is -0.378 e. The second-order valence-corrected chi connectivity index (χ2v) is 7.34. The molecule has 0 heterocycles. The van der Waals surface area contributed by atoms with E-state index in [0.717, 1.165) is 19.4 Å². The average molecular weight is 422 g/mol. The predicted octanol–water partition coefficient (Wildman–Crippen LogP) is 1.18. The van der Waals surface area contributed by atoms with Crippen LogP contribution in [0.5, 0.6) is 0 Å². The number of amides is 2. The van der Waals surface area contributed by atoms with Gasteiger partial charge in [0.2, 0.25) is 11.8 Å². The van der Waals surface area contributed by atoms with Gasteiger partial charge in [0.25, 0.3) is 0 Å². The molecule has 0 bridgehead atoms. The monoisotopic (exact) mass is 421 g/mol. The lowest BCUT2D eigenvalue weighted by Crippen LogP contribution is -2.45. The minimum absolute atomic E-state index is 0.159. The highest BCUT2D eigenvalue weighted by molar-refractivity contribution is 5.77. The molecule has 0 saturated heterocycles.